The summed E-state index contributed by atoms with van der Waals surface area (Å²) in [4.78, 5) is 26.5. The molecule has 1 saturated heterocycles. The van der Waals surface area contributed by atoms with Crippen LogP contribution in [0.2, 0.25) is 0 Å². The van der Waals surface area contributed by atoms with Crippen LogP contribution in [-0.4, -0.2) is 39.6 Å². The molecule has 6 nitrogen and oxygen atoms in total. The third kappa shape index (κ3) is 3.74. The molecule has 0 bridgehead atoms. The van der Waals surface area contributed by atoms with Crippen LogP contribution in [0.25, 0.3) is 0 Å². The molecule has 1 N–H and O–H groups in total. The number of nitrogens with one attached hydrogen (secondary N) is 1. The topological polar surface area (TPSA) is 67.2 Å². The van der Waals surface area contributed by atoms with Gasteiger partial charge in [0, 0.05) is 43.7 Å². The summed E-state index contributed by atoms with van der Waals surface area (Å²) in [5.74, 6) is 0.698. The molecular weight excluding hydrogens is 292 g/mol. The van der Waals surface area contributed by atoms with Crippen molar-refractivity contribution in [3.63, 3.8) is 0 Å². The van der Waals surface area contributed by atoms with Crippen LogP contribution in [0.3, 0.4) is 0 Å². The molecule has 6 heteroatoms. The first-order valence-corrected chi connectivity index (χ1v) is 8.66. The largest absolute Gasteiger partial charge is 0.349 e. The normalized spacial score (nSPS) is 20.3. The predicted octanol–water partition coefficient (Wildman–Crippen LogP) is 1.64. The Labute approximate surface area is 137 Å². The van der Waals surface area contributed by atoms with Gasteiger partial charge >= 0.3 is 0 Å². The van der Waals surface area contributed by atoms with Crippen LogP contribution in [0.15, 0.2) is 12.4 Å². The molecule has 1 aromatic rings. The molecule has 2 heterocycles. The van der Waals surface area contributed by atoms with E-state index in [1.54, 1.807) is 4.68 Å². The second kappa shape index (κ2) is 6.72. The van der Waals surface area contributed by atoms with Gasteiger partial charge in [-0.25, -0.2) is 0 Å². The fourth-order valence-corrected chi connectivity index (χ4v) is 3.28. The maximum absolute atomic E-state index is 12.5. The summed E-state index contributed by atoms with van der Waals surface area (Å²) in [6.07, 6.45) is 8.24. The molecule has 0 unspecified atom stereocenters. The number of carbonyl (C=O) groups is 2. The van der Waals surface area contributed by atoms with Crippen molar-refractivity contribution in [1.29, 1.82) is 0 Å². The Morgan fingerprint density at radius 3 is 2.48 bits per heavy atom. The molecule has 1 atom stereocenters. The minimum absolute atomic E-state index is 0.0160. The van der Waals surface area contributed by atoms with E-state index in [9.17, 15) is 9.59 Å². The monoisotopic (exact) mass is 318 g/mol. The van der Waals surface area contributed by atoms with E-state index in [1.807, 2.05) is 24.3 Å². The van der Waals surface area contributed by atoms with Crippen LogP contribution in [0, 0.1) is 11.8 Å². The van der Waals surface area contributed by atoms with Gasteiger partial charge in [-0.3, -0.25) is 14.3 Å². The highest BCUT2D eigenvalue weighted by Crippen LogP contribution is 2.32. The standard InChI is InChI=1S/C17H26N4O2/c1-3-15(14-10-18-20(2)11-14)19-16(22)12-6-8-21(9-7-12)17(23)13-4-5-13/h10-13,15H,3-9H2,1-2H3,(H,19,22)/t15-/m0/s1. The third-order valence-corrected chi connectivity index (χ3v) is 4.96. The first-order valence-electron chi connectivity index (χ1n) is 8.66. The molecule has 1 aliphatic carbocycles. The minimum atomic E-state index is 0.0160. The lowest BCUT2D eigenvalue weighted by Gasteiger charge is -2.32. The lowest BCUT2D eigenvalue weighted by atomic mass is 9.94. The van der Waals surface area contributed by atoms with Crippen LogP contribution in [0.5, 0.6) is 0 Å². The average Bonchev–Trinajstić information content (AvgIpc) is 3.33. The Hall–Kier alpha value is -1.85. The van der Waals surface area contributed by atoms with E-state index in [2.05, 4.69) is 17.3 Å². The van der Waals surface area contributed by atoms with Gasteiger partial charge in [-0.05, 0) is 32.1 Å². The van der Waals surface area contributed by atoms with Crippen molar-refractivity contribution < 1.29 is 9.59 Å². The van der Waals surface area contributed by atoms with E-state index >= 15 is 0 Å². The van der Waals surface area contributed by atoms with Gasteiger partial charge in [-0.2, -0.15) is 5.10 Å². The number of aryl methyl sites for hydroxylation is 1. The summed E-state index contributed by atoms with van der Waals surface area (Å²) in [5, 5.41) is 7.33. The number of rotatable bonds is 5. The average molecular weight is 318 g/mol. The van der Waals surface area contributed by atoms with Crippen molar-refractivity contribution in [2.75, 3.05) is 13.1 Å². The number of aromatic nitrogens is 2. The molecule has 3 rings (SSSR count). The van der Waals surface area contributed by atoms with Gasteiger partial charge in [-0.15, -0.1) is 0 Å². The Bertz CT molecular complexity index is 571. The first kappa shape index (κ1) is 16.0. The van der Waals surface area contributed by atoms with Crippen molar-refractivity contribution in [2.45, 2.75) is 45.1 Å². The zero-order valence-electron chi connectivity index (χ0n) is 14.0. The van der Waals surface area contributed by atoms with E-state index < -0.39 is 0 Å². The van der Waals surface area contributed by atoms with Crippen molar-refractivity contribution in [3.8, 4) is 0 Å². The molecule has 2 amide bonds. The van der Waals surface area contributed by atoms with Crippen LogP contribution < -0.4 is 5.32 Å². The van der Waals surface area contributed by atoms with Crippen molar-refractivity contribution in [3.05, 3.63) is 18.0 Å². The fourth-order valence-electron chi connectivity index (χ4n) is 3.28. The number of nitrogens with zero attached hydrogens (tertiary/aromatic N) is 3. The quantitative estimate of drug-likeness (QED) is 0.897. The Morgan fingerprint density at radius 2 is 1.96 bits per heavy atom. The van der Waals surface area contributed by atoms with E-state index in [4.69, 9.17) is 0 Å². The van der Waals surface area contributed by atoms with Gasteiger partial charge in [0.1, 0.15) is 0 Å². The van der Waals surface area contributed by atoms with Gasteiger partial charge < -0.3 is 10.2 Å². The third-order valence-electron chi connectivity index (χ3n) is 4.96. The molecule has 23 heavy (non-hydrogen) atoms. The van der Waals surface area contributed by atoms with Crippen molar-refractivity contribution >= 4 is 11.8 Å². The highest BCUT2D eigenvalue weighted by Gasteiger charge is 2.36. The van der Waals surface area contributed by atoms with Gasteiger partial charge in [0.05, 0.1) is 12.2 Å². The fraction of sp³-hybridized carbons (Fsp3) is 0.706. The Balaban J connectivity index is 1.51. The van der Waals surface area contributed by atoms with Gasteiger partial charge in [0.15, 0.2) is 0 Å². The van der Waals surface area contributed by atoms with E-state index in [0.29, 0.717) is 5.91 Å². The number of piperidine rings is 1. The summed E-state index contributed by atoms with van der Waals surface area (Å²) in [7, 11) is 1.88. The van der Waals surface area contributed by atoms with Crippen LogP contribution in [0.4, 0.5) is 0 Å². The second-order valence-electron chi connectivity index (χ2n) is 6.79. The summed E-state index contributed by atoms with van der Waals surface area (Å²) in [6.45, 7) is 3.50. The zero-order chi connectivity index (χ0) is 16.4. The molecule has 1 saturated carbocycles. The van der Waals surface area contributed by atoms with Crippen LogP contribution >= 0.6 is 0 Å². The summed E-state index contributed by atoms with van der Waals surface area (Å²) >= 11 is 0. The maximum atomic E-state index is 12.5. The highest BCUT2D eigenvalue weighted by molar-refractivity contribution is 5.82. The Morgan fingerprint density at radius 1 is 1.26 bits per heavy atom. The van der Waals surface area contributed by atoms with Crippen LogP contribution in [-0.2, 0) is 16.6 Å². The summed E-state index contributed by atoms with van der Waals surface area (Å²) in [6, 6.07) is 0.0160. The highest BCUT2D eigenvalue weighted by atomic mass is 16.2. The number of likely N-dealkylation sites (tertiary alicyclic amines) is 1. The molecule has 2 aliphatic rings. The van der Waals surface area contributed by atoms with Crippen molar-refractivity contribution in [2.24, 2.45) is 18.9 Å². The van der Waals surface area contributed by atoms with Crippen LogP contribution in [0.1, 0.15) is 50.6 Å². The minimum Gasteiger partial charge on any atom is -0.349 e. The number of amides is 2. The molecule has 1 aliphatic heterocycles. The summed E-state index contributed by atoms with van der Waals surface area (Å²) in [5.41, 5.74) is 1.05. The van der Waals surface area contributed by atoms with Crippen molar-refractivity contribution in [1.82, 2.24) is 20.0 Å². The predicted molar refractivity (Wildman–Crippen MR) is 86.4 cm³/mol. The van der Waals surface area contributed by atoms with Gasteiger partial charge in [0.25, 0.3) is 0 Å². The van der Waals surface area contributed by atoms with Gasteiger partial charge in [0.2, 0.25) is 11.8 Å². The second-order valence-corrected chi connectivity index (χ2v) is 6.79. The summed E-state index contributed by atoms with van der Waals surface area (Å²) < 4.78 is 1.76. The smallest absolute Gasteiger partial charge is 0.225 e. The molecular formula is C17H26N4O2. The molecule has 0 spiro atoms. The lowest BCUT2D eigenvalue weighted by molar-refractivity contribution is -0.136. The van der Waals surface area contributed by atoms with E-state index in [0.717, 1.165) is 50.8 Å². The first-order chi connectivity index (χ1) is 11.1. The number of hydrogen-bond acceptors (Lipinski definition) is 3. The van der Waals surface area contributed by atoms with Gasteiger partial charge in [-0.1, -0.05) is 6.92 Å². The molecule has 0 aromatic carbocycles. The lowest BCUT2D eigenvalue weighted by Crippen LogP contribution is -2.44. The molecule has 126 valence electrons. The number of hydrogen-bond donors (Lipinski definition) is 1. The molecule has 2 fully saturated rings. The maximum Gasteiger partial charge on any atom is 0.225 e. The SMILES string of the molecule is CC[C@H](NC(=O)C1CCN(C(=O)C2CC2)CC1)c1cnn(C)c1. The molecule has 0 radical (unpaired) electrons. The number of carbonyl (C=O) groups excluding carboxylic acids is 2. The zero-order valence-corrected chi connectivity index (χ0v) is 14.0. The van der Waals surface area contributed by atoms with E-state index in [-0.39, 0.29) is 23.8 Å². The Kier molecular flexibility index (Phi) is 4.68. The molecule has 1 aromatic heterocycles. The van der Waals surface area contributed by atoms with E-state index in [1.165, 1.54) is 0 Å².